The normalized spacial score (nSPS) is 16.6. The van der Waals surface area contributed by atoms with Crippen LogP contribution in [-0.4, -0.2) is 59.0 Å². The Labute approximate surface area is 156 Å². The molecule has 9 heteroatoms. The number of aromatic nitrogens is 2. The first-order valence-electron chi connectivity index (χ1n) is 8.88. The molecule has 0 amide bonds. The Morgan fingerprint density at radius 2 is 1.74 bits per heavy atom. The summed E-state index contributed by atoms with van der Waals surface area (Å²) in [5.74, 6) is 0.164. The molecule has 0 spiro atoms. The van der Waals surface area contributed by atoms with Crippen molar-refractivity contribution in [2.24, 2.45) is 0 Å². The molecule has 1 aromatic heterocycles. The van der Waals surface area contributed by atoms with Crippen LogP contribution in [-0.2, 0) is 13.1 Å². The number of aryl methyl sites for hydroxylation is 1. The number of nitrogens with two attached hydrogens (primary N) is 1. The highest BCUT2D eigenvalue weighted by atomic mass is 19.4. The molecule has 0 radical (unpaired) electrons. The smallest absolute Gasteiger partial charge is 0.394 e. The first-order chi connectivity index (χ1) is 12.7. The molecular weight excluding hydrogens is 357 g/mol. The molecule has 27 heavy (non-hydrogen) atoms. The van der Waals surface area contributed by atoms with Crippen LogP contribution in [0.3, 0.4) is 0 Å². The summed E-state index contributed by atoms with van der Waals surface area (Å²) in [7, 11) is 2.12. The minimum Gasteiger partial charge on any atom is -0.394 e. The molecule has 148 valence electrons. The van der Waals surface area contributed by atoms with E-state index in [9.17, 15) is 13.2 Å². The second kappa shape index (κ2) is 7.77. The molecule has 0 unspecified atom stereocenters. The number of hydrogen-bond donors (Lipinski definition) is 2. The van der Waals surface area contributed by atoms with Crippen LogP contribution in [0.15, 0.2) is 24.3 Å². The minimum absolute atomic E-state index is 0.164. The molecular formula is C18H25F3N6. The van der Waals surface area contributed by atoms with Crippen LogP contribution in [0.5, 0.6) is 0 Å². The number of halogens is 3. The van der Waals surface area contributed by atoms with Crippen molar-refractivity contribution in [3.63, 3.8) is 0 Å². The van der Waals surface area contributed by atoms with E-state index >= 15 is 0 Å². The van der Waals surface area contributed by atoms with Gasteiger partial charge in [-0.1, -0.05) is 12.1 Å². The summed E-state index contributed by atoms with van der Waals surface area (Å²) in [6, 6.07) is 7.67. The molecule has 3 N–H and O–H groups in total. The van der Waals surface area contributed by atoms with Gasteiger partial charge in [0.25, 0.3) is 0 Å². The lowest BCUT2D eigenvalue weighted by atomic mass is 10.1. The number of rotatable bonds is 5. The van der Waals surface area contributed by atoms with Crippen LogP contribution in [0.4, 0.5) is 30.4 Å². The average molecular weight is 382 g/mol. The van der Waals surface area contributed by atoms with E-state index < -0.39 is 12.7 Å². The first kappa shape index (κ1) is 19.5. The van der Waals surface area contributed by atoms with E-state index in [1.54, 1.807) is 6.92 Å². The van der Waals surface area contributed by atoms with Crippen molar-refractivity contribution < 1.29 is 13.2 Å². The molecule has 0 bridgehead atoms. The Morgan fingerprint density at radius 3 is 2.33 bits per heavy atom. The zero-order valence-electron chi connectivity index (χ0n) is 15.6. The monoisotopic (exact) mass is 382 g/mol. The third kappa shape index (κ3) is 5.14. The van der Waals surface area contributed by atoms with E-state index in [0.29, 0.717) is 11.4 Å². The number of alkyl halides is 3. The number of anilines is 3. The highest BCUT2D eigenvalue weighted by Crippen LogP contribution is 2.29. The third-order valence-electron chi connectivity index (χ3n) is 4.72. The SMILES string of the molecule is Cc1nn(CC(F)(F)F)c(Nc2ccc(CN3CCN(C)CC3)cc2)c1N. The molecule has 1 saturated heterocycles. The zero-order valence-corrected chi connectivity index (χ0v) is 15.6. The van der Waals surface area contributed by atoms with Crippen LogP contribution < -0.4 is 11.1 Å². The van der Waals surface area contributed by atoms with Crippen LogP contribution in [0, 0.1) is 6.92 Å². The summed E-state index contributed by atoms with van der Waals surface area (Å²) in [5.41, 5.74) is 8.34. The number of nitrogen functional groups attached to an aromatic ring is 1. The molecule has 1 aromatic carbocycles. The van der Waals surface area contributed by atoms with Crippen molar-refractivity contribution in [1.29, 1.82) is 0 Å². The van der Waals surface area contributed by atoms with Crippen LogP contribution in [0.25, 0.3) is 0 Å². The highest BCUT2D eigenvalue weighted by Gasteiger charge is 2.30. The largest absolute Gasteiger partial charge is 0.408 e. The Morgan fingerprint density at radius 1 is 1.11 bits per heavy atom. The van der Waals surface area contributed by atoms with Crippen LogP contribution >= 0.6 is 0 Å². The predicted octanol–water partition coefficient (Wildman–Crippen LogP) is 2.83. The van der Waals surface area contributed by atoms with Crippen molar-refractivity contribution >= 4 is 17.2 Å². The fourth-order valence-corrected chi connectivity index (χ4v) is 3.11. The molecule has 0 saturated carbocycles. The van der Waals surface area contributed by atoms with Crippen LogP contribution in [0.1, 0.15) is 11.3 Å². The minimum atomic E-state index is -4.37. The lowest BCUT2D eigenvalue weighted by molar-refractivity contribution is -0.142. The van der Waals surface area contributed by atoms with Gasteiger partial charge in [0.15, 0.2) is 5.82 Å². The lowest BCUT2D eigenvalue weighted by Crippen LogP contribution is -2.43. The molecule has 0 atom stereocenters. The maximum absolute atomic E-state index is 12.8. The summed E-state index contributed by atoms with van der Waals surface area (Å²) >= 11 is 0. The molecule has 3 rings (SSSR count). The summed E-state index contributed by atoms with van der Waals surface area (Å²) in [4.78, 5) is 4.70. The molecule has 1 aliphatic rings. The standard InChI is InChI=1S/C18H25F3N6/c1-13-16(22)17(27(24-13)12-18(19,20)21)23-15-5-3-14(4-6-15)11-26-9-7-25(2)8-10-26/h3-6,23H,7-12,22H2,1-2H3. The topological polar surface area (TPSA) is 62.4 Å². The van der Waals surface area contributed by atoms with E-state index in [1.165, 1.54) is 0 Å². The molecule has 2 heterocycles. The van der Waals surface area contributed by atoms with Crippen molar-refractivity contribution in [3.8, 4) is 0 Å². The number of hydrogen-bond acceptors (Lipinski definition) is 5. The van der Waals surface area contributed by atoms with Gasteiger partial charge in [-0.2, -0.15) is 18.3 Å². The number of nitrogens with one attached hydrogen (secondary N) is 1. The predicted molar refractivity (Wildman–Crippen MR) is 99.9 cm³/mol. The summed E-state index contributed by atoms with van der Waals surface area (Å²) in [6.45, 7) is 5.44. The number of nitrogens with zero attached hydrogens (tertiary/aromatic N) is 4. The van der Waals surface area contributed by atoms with Crippen LogP contribution in [0.2, 0.25) is 0 Å². The van der Waals surface area contributed by atoms with E-state index in [-0.39, 0.29) is 11.5 Å². The van der Waals surface area contributed by atoms with Gasteiger partial charge in [-0.15, -0.1) is 0 Å². The number of piperazine rings is 1. The van der Waals surface area contributed by atoms with Gasteiger partial charge in [0.05, 0.1) is 11.4 Å². The Bertz CT molecular complexity index is 761. The van der Waals surface area contributed by atoms with E-state index in [2.05, 4.69) is 27.3 Å². The van der Waals surface area contributed by atoms with Gasteiger partial charge in [-0.3, -0.25) is 4.90 Å². The van der Waals surface area contributed by atoms with Gasteiger partial charge < -0.3 is 16.0 Å². The second-order valence-corrected chi connectivity index (χ2v) is 7.02. The zero-order chi connectivity index (χ0) is 19.6. The second-order valence-electron chi connectivity index (χ2n) is 7.02. The van der Waals surface area contributed by atoms with Crippen molar-refractivity contribution in [1.82, 2.24) is 19.6 Å². The summed E-state index contributed by atoms with van der Waals surface area (Å²) in [5, 5.41) is 6.87. The van der Waals surface area contributed by atoms with Crippen molar-refractivity contribution in [2.75, 3.05) is 44.3 Å². The number of benzene rings is 1. The Balaban J connectivity index is 1.68. The van der Waals surface area contributed by atoms with Gasteiger partial charge in [0.1, 0.15) is 6.54 Å². The maximum atomic E-state index is 12.8. The fraction of sp³-hybridized carbons (Fsp3) is 0.500. The van der Waals surface area contributed by atoms with E-state index in [0.717, 1.165) is 43.0 Å². The van der Waals surface area contributed by atoms with E-state index in [1.807, 2.05) is 24.3 Å². The van der Waals surface area contributed by atoms with Crippen molar-refractivity contribution in [3.05, 3.63) is 35.5 Å². The summed E-state index contributed by atoms with van der Waals surface area (Å²) < 4.78 is 39.2. The van der Waals surface area contributed by atoms with Crippen molar-refractivity contribution in [2.45, 2.75) is 26.2 Å². The lowest BCUT2D eigenvalue weighted by Gasteiger charge is -2.32. The Hall–Kier alpha value is -2.26. The molecule has 1 fully saturated rings. The molecule has 0 aliphatic carbocycles. The highest BCUT2D eigenvalue weighted by molar-refractivity contribution is 5.71. The quantitative estimate of drug-likeness (QED) is 0.833. The first-order valence-corrected chi connectivity index (χ1v) is 8.88. The van der Waals surface area contributed by atoms with Gasteiger partial charge in [-0.25, -0.2) is 4.68 Å². The van der Waals surface area contributed by atoms with Gasteiger partial charge >= 0.3 is 6.18 Å². The Kier molecular flexibility index (Phi) is 5.61. The third-order valence-corrected chi connectivity index (χ3v) is 4.72. The van der Waals surface area contributed by atoms with Gasteiger partial charge in [-0.05, 0) is 31.7 Å². The average Bonchev–Trinajstić information content (AvgIpc) is 2.84. The van der Waals surface area contributed by atoms with E-state index in [4.69, 9.17) is 5.73 Å². The van der Waals surface area contributed by atoms with Gasteiger partial charge in [0.2, 0.25) is 0 Å². The maximum Gasteiger partial charge on any atom is 0.408 e. The molecule has 1 aliphatic heterocycles. The fourth-order valence-electron chi connectivity index (χ4n) is 3.11. The molecule has 2 aromatic rings. The summed E-state index contributed by atoms with van der Waals surface area (Å²) in [6.07, 6.45) is -4.37. The van der Waals surface area contributed by atoms with Gasteiger partial charge in [0, 0.05) is 38.4 Å². The molecule has 6 nitrogen and oxygen atoms in total. The number of likely N-dealkylation sites (N-methyl/N-ethyl adjacent to an activating group) is 1.